The number of rotatable bonds is 13. The third-order valence-electron chi connectivity index (χ3n) is 3.94. The van der Waals surface area contributed by atoms with E-state index in [1.54, 1.807) is 14.2 Å². The third kappa shape index (κ3) is 7.21. The van der Waals surface area contributed by atoms with E-state index in [1.165, 1.54) is 0 Å². The van der Waals surface area contributed by atoms with Gasteiger partial charge in [0.15, 0.2) is 0 Å². The van der Waals surface area contributed by atoms with Gasteiger partial charge in [0.2, 0.25) is 0 Å². The summed E-state index contributed by atoms with van der Waals surface area (Å²) in [7, 11) is 1.42. The van der Waals surface area contributed by atoms with E-state index in [0.29, 0.717) is 0 Å². The third-order valence-corrected chi connectivity index (χ3v) is 7.77. The zero-order valence-corrected chi connectivity index (χ0v) is 16.0. The summed E-state index contributed by atoms with van der Waals surface area (Å²) >= 11 is 0. The highest BCUT2D eigenvalue weighted by Crippen LogP contribution is 2.22. The number of nitrogens with zero attached hydrogens (tertiary/aromatic N) is 1. The summed E-state index contributed by atoms with van der Waals surface area (Å²) < 4.78 is 22.9. The molecule has 0 aliphatic carbocycles. The SMILES string of the molecule is CCO[Si](CC)(CCCN(C(C)OC)C(C)OC)OCC. The number of hydrogen-bond acceptors (Lipinski definition) is 5. The van der Waals surface area contributed by atoms with Gasteiger partial charge in [0.05, 0.1) is 0 Å². The fraction of sp³-hybridized carbons (Fsp3) is 1.00. The normalized spacial score (nSPS) is 15.4. The lowest BCUT2D eigenvalue weighted by Crippen LogP contribution is -2.45. The number of hydrogen-bond donors (Lipinski definition) is 0. The first-order valence-corrected chi connectivity index (χ1v) is 10.3. The van der Waals surface area contributed by atoms with Crippen LogP contribution in [0.4, 0.5) is 0 Å². The van der Waals surface area contributed by atoms with Crippen molar-refractivity contribution in [1.82, 2.24) is 4.90 Å². The van der Waals surface area contributed by atoms with E-state index in [2.05, 4.69) is 11.8 Å². The fourth-order valence-corrected chi connectivity index (χ4v) is 5.44. The summed E-state index contributed by atoms with van der Waals surface area (Å²) in [6, 6.07) is 2.00. The van der Waals surface area contributed by atoms with Crippen molar-refractivity contribution in [2.75, 3.05) is 34.0 Å². The maximum Gasteiger partial charge on any atom is 0.337 e. The Labute approximate surface area is 132 Å². The van der Waals surface area contributed by atoms with Gasteiger partial charge in [0.1, 0.15) is 12.5 Å². The van der Waals surface area contributed by atoms with Crippen molar-refractivity contribution >= 4 is 8.56 Å². The Morgan fingerprint density at radius 2 is 1.38 bits per heavy atom. The minimum Gasteiger partial charge on any atom is -0.394 e. The highest BCUT2D eigenvalue weighted by atomic mass is 28.4. The molecule has 0 aliphatic rings. The van der Waals surface area contributed by atoms with Crippen molar-refractivity contribution in [3.63, 3.8) is 0 Å². The Hall–Kier alpha value is 0.0169. The lowest BCUT2D eigenvalue weighted by molar-refractivity contribution is -0.116. The van der Waals surface area contributed by atoms with Crippen molar-refractivity contribution in [3.8, 4) is 0 Å². The maximum atomic E-state index is 6.01. The Bertz CT molecular complexity index is 240. The zero-order chi connectivity index (χ0) is 16.3. The van der Waals surface area contributed by atoms with Gasteiger partial charge in [-0.3, -0.25) is 4.90 Å². The van der Waals surface area contributed by atoms with E-state index in [0.717, 1.165) is 38.3 Å². The molecule has 2 unspecified atom stereocenters. The van der Waals surface area contributed by atoms with Crippen LogP contribution in [0.3, 0.4) is 0 Å². The standard InChI is InChI=1S/C15H35NO4Si/c1-8-19-21(10-3,20-9-2)13-11-12-16(14(4)17-6)15(5)18-7/h14-15H,8-13H2,1-7H3. The summed E-state index contributed by atoms with van der Waals surface area (Å²) in [4.78, 5) is 2.21. The van der Waals surface area contributed by atoms with E-state index in [9.17, 15) is 0 Å². The molecule has 0 heterocycles. The molecule has 5 nitrogen and oxygen atoms in total. The summed E-state index contributed by atoms with van der Waals surface area (Å²) in [5.41, 5.74) is 0. The Balaban J connectivity index is 4.56. The van der Waals surface area contributed by atoms with Gasteiger partial charge < -0.3 is 18.3 Å². The molecule has 128 valence electrons. The molecule has 0 aliphatic heterocycles. The first-order chi connectivity index (χ1) is 10.00. The molecule has 0 saturated carbocycles. The van der Waals surface area contributed by atoms with E-state index in [1.807, 2.05) is 27.7 Å². The summed E-state index contributed by atoms with van der Waals surface area (Å²) in [5, 5.41) is 0. The number of ether oxygens (including phenoxy) is 2. The molecule has 0 N–H and O–H groups in total. The van der Waals surface area contributed by atoms with Gasteiger partial charge in [-0.1, -0.05) is 6.92 Å². The highest BCUT2D eigenvalue weighted by molar-refractivity contribution is 6.67. The van der Waals surface area contributed by atoms with Crippen molar-refractivity contribution in [2.24, 2.45) is 0 Å². The second kappa shape index (κ2) is 11.6. The van der Waals surface area contributed by atoms with Crippen LogP contribution >= 0.6 is 0 Å². The van der Waals surface area contributed by atoms with Crippen LogP contribution in [0.25, 0.3) is 0 Å². The second-order valence-corrected chi connectivity index (χ2v) is 8.75. The van der Waals surface area contributed by atoms with E-state index < -0.39 is 8.56 Å². The Morgan fingerprint density at radius 3 is 1.71 bits per heavy atom. The van der Waals surface area contributed by atoms with E-state index in [-0.39, 0.29) is 12.5 Å². The predicted molar refractivity (Wildman–Crippen MR) is 88.6 cm³/mol. The molecule has 0 aromatic heterocycles. The van der Waals surface area contributed by atoms with Crippen molar-refractivity contribution < 1.29 is 18.3 Å². The molecule has 0 amide bonds. The van der Waals surface area contributed by atoms with Crippen molar-refractivity contribution in [2.45, 2.75) is 65.6 Å². The lowest BCUT2D eigenvalue weighted by atomic mass is 10.3. The van der Waals surface area contributed by atoms with Gasteiger partial charge in [0.25, 0.3) is 0 Å². The highest BCUT2D eigenvalue weighted by Gasteiger charge is 2.34. The molecule has 0 rings (SSSR count). The average molecular weight is 322 g/mol. The van der Waals surface area contributed by atoms with Crippen molar-refractivity contribution in [1.29, 1.82) is 0 Å². The summed E-state index contributed by atoms with van der Waals surface area (Å²) in [6.45, 7) is 12.7. The minimum atomic E-state index is -2.03. The minimum absolute atomic E-state index is 0.0387. The maximum absolute atomic E-state index is 6.01. The van der Waals surface area contributed by atoms with E-state index >= 15 is 0 Å². The first-order valence-electron chi connectivity index (χ1n) is 8.09. The molecule has 2 atom stereocenters. The van der Waals surface area contributed by atoms with Crippen LogP contribution < -0.4 is 0 Å². The molecule has 6 heteroatoms. The van der Waals surface area contributed by atoms with Gasteiger partial charge in [0, 0.05) is 34.0 Å². The Kier molecular flexibility index (Phi) is 11.6. The number of methoxy groups -OCH3 is 2. The van der Waals surface area contributed by atoms with Gasteiger partial charge in [-0.15, -0.1) is 0 Å². The lowest BCUT2D eigenvalue weighted by Gasteiger charge is -2.34. The molecule has 0 fully saturated rings. The second-order valence-electron chi connectivity index (χ2n) is 5.14. The summed E-state index contributed by atoms with van der Waals surface area (Å²) in [6.07, 6.45) is 1.11. The van der Waals surface area contributed by atoms with Crippen LogP contribution in [-0.4, -0.2) is 59.9 Å². The molecule has 0 saturated heterocycles. The topological polar surface area (TPSA) is 40.2 Å². The van der Waals surface area contributed by atoms with Crippen molar-refractivity contribution in [3.05, 3.63) is 0 Å². The first kappa shape index (κ1) is 21.0. The molecule has 0 bridgehead atoms. The molecular weight excluding hydrogens is 286 g/mol. The van der Waals surface area contributed by atoms with Gasteiger partial charge >= 0.3 is 8.56 Å². The zero-order valence-electron chi connectivity index (χ0n) is 15.0. The fourth-order valence-electron chi connectivity index (χ4n) is 2.55. The quantitative estimate of drug-likeness (QED) is 0.385. The molecule has 0 radical (unpaired) electrons. The van der Waals surface area contributed by atoms with Crippen LogP contribution in [0.2, 0.25) is 12.1 Å². The van der Waals surface area contributed by atoms with Crippen LogP contribution in [-0.2, 0) is 18.3 Å². The van der Waals surface area contributed by atoms with Crippen LogP contribution in [0, 0.1) is 0 Å². The molecule has 0 aromatic rings. The van der Waals surface area contributed by atoms with Gasteiger partial charge in [-0.2, -0.15) is 0 Å². The van der Waals surface area contributed by atoms with Crippen LogP contribution in [0.15, 0.2) is 0 Å². The average Bonchev–Trinajstić information content (AvgIpc) is 2.50. The molecule has 21 heavy (non-hydrogen) atoms. The monoisotopic (exact) mass is 321 g/mol. The molecular formula is C15H35NO4Si. The van der Waals surface area contributed by atoms with Crippen LogP contribution in [0.5, 0.6) is 0 Å². The summed E-state index contributed by atoms with van der Waals surface area (Å²) in [5.74, 6) is 0. The Morgan fingerprint density at radius 1 is 0.905 bits per heavy atom. The molecule has 0 spiro atoms. The largest absolute Gasteiger partial charge is 0.394 e. The van der Waals surface area contributed by atoms with Gasteiger partial charge in [-0.25, -0.2) is 0 Å². The van der Waals surface area contributed by atoms with Crippen LogP contribution in [0.1, 0.15) is 41.0 Å². The van der Waals surface area contributed by atoms with Gasteiger partial charge in [-0.05, 0) is 46.2 Å². The predicted octanol–water partition coefficient (Wildman–Crippen LogP) is 3.20. The molecule has 0 aromatic carbocycles. The van der Waals surface area contributed by atoms with E-state index in [4.69, 9.17) is 18.3 Å². The smallest absolute Gasteiger partial charge is 0.337 e.